The minimum Gasteiger partial charge on any atom is -0.495 e. The van der Waals surface area contributed by atoms with Crippen molar-refractivity contribution in [3.63, 3.8) is 0 Å². The minimum absolute atomic E-state index is 0.227. The molecule has 138 valence electrons. The second-order valence-corrected chi connectivity index (χ2v) is 6.56. The van der Waals surface area contributed by atoms with Crippen LogP contribution in [0, 0.1) is 0 Å². The maximum Gasteiger partial charge on any atom is 0.255 e. The van der Waals surface area contributed by atoms with Crippen molar-refractivity contribution in [3.05, 3.63) is 46.4 Å². The fraction of sp³-hybridized carbons (Fsp3) is 0.316. The summed E-state index contributed by atoms with van der Waals surface area (Å²) >= 11 is 3.42. The SMILES string of the molecule is COc1cc(C(=O)Nc2ccccc2N2CCOCC2)cc(OC)c1Br. The molecule has 2 aromatic rings. The third kappa shape index (κ3) is 3.94. The van der Waals surface area contributed by atoms with E-state index < -0.39 is 0 Å². The lowest BCUT2D eigenvalue weighted by Crippen LogP contribution is -2.36. The Hall–Kier alpha value is -2.25. The number of rotatable bonds is 5. The molecule has 0 atom stereocenters. The van der Waals surface area contributed by atoms with Gasteiger partial charge in [-0.2, -0.15) is 0 Å². The number of nitrogens with one attached hydrogen (secondary N) is 1. The first kappa shape index (κ1) is 18.5. The highest BCUT2D eigenvalue weighted by atomic mass is 79.9. The topological polar surface area (TPSA) is 60.0 Å². The average Bonchev–Trinajstić information content (AvgIpc) is 2.69. The number of benzene rings is 2. The van der Waals surface area contributed by atoms with Crippen molar-refractivity contribution in [3.8, 4) is 11.5 Å². The molecule has 0 aliphatic carbocycles. The quantitative estimate of drug-likeness (QED) is 0.800. The van der Waals surface area contributed by atoms with Crippen molar-refractivity contribution in [2.75, 3.05) is 50.7 Å². The van der Waals surface area contributed by atoms with Gasteiger partial charge in [-0.25, -0.2) is 0 Å². The number of morpholine rings is 1. The zero-order valence-electron chi connectivity index (χ0n) is 14.8. The average molecular weight is 421 g/mol. The monoisotopic (exact) mass is 420 g/mol. The molecule has 1 amide bonds. The lowest BCUT2D eigenvalue weighted by Gasteiger charge is -2.30. The maximum absolute atomic E-state index is 12.8. The van der Waals surface area contributed by atoms with E-state index >= 15 is 0 Å². The van der Waals surface area contributed by atoms with Crippen LogP contribution in [0.5, 0.6) is 11.5 Å². The van der Waals surface area contributed by atoms with Crippen LogP contribution in [0.1, 0.15) is 10.4 Å². The highest BCUT2D eigenvalue weighted by Crippen LogP contribution is 2.36. The third-order valence-corrected chi connectivity index (χ3v) is 4.99. The van der Waals surface area contributed by atoms with Crippen molar-refractivity contribution in [2.45, 2.75) is 0 Å². The Morgan fingerprint density at radius 1 is 1.12 bits per heavy atom. The molecular weight excluding hydrogens is 400 g/mol. The number of anilines is 2. The molecule has 1 fully saturated rings. The molecule has 1 aliphatic heterocycles. The molecule has 1 saturated heterocycles. The van der Waals surface area contributed by atoms with E-state index in [9.17, 15) is 4.79 Å². The van der Waals surface area contributed by atoms with Crippen LogP contribution in [0.4, 0.5) is 11.4 Å². The Morgan fingerprint density at radius 2 is 1.73 bits per heavy atom. The first-order valence-electron chi connectivity index (χ1n) is 8.28. The number of hydrogen-bond donors (Lipinski definition) is 1. The molecule has 0 saturated carbocycles. The van der Waals surface area contributed by atoms with Crippen LogP contribution in [-0.4, -0.2) is 46.4 Å². The predicted molar refractivity (Wildman–Crippen MR) is 105 cm³/mol. The fourth-order valence-corrected chi connectivity index (χ4v) is 3.41. The van der Waals surface area contributed by atoms with E-state index in [2.05, 4.69) is 26.1 Å². The molecule has 7 heteroatoms. The van der Waals surface area contributed by atoms with E-state index in [4.69, 9.17) is 14.2 Å². The summed E-state index contributed by atoms with van der Waals surface area (Å²) in [6, 6.07) is 11.1. The van der Waals surface area contributed by atoms with Gasteiger partial charge in [-0.1, -0.05) is 12.1 Å². The van der Waals surface area contributed by atoms with Gasteiger partial charge in [0.15, 0.2) is 0 Å². The smallest absolute Gasteiger partial charge is 0.255 e. The number of halogens is 1. The first-order chi connectivity index (χ1) is 12.6. The summed E-state index contributed by atoms with van der Waals surface area (Å²) in [5, 5.41) is 3.00. The van der Waals surface area contributed by atoms with Crippen LogP contribution in [0.3, 0.4) is 0 Å². The Bertz CT molecular complexity index is 766. The van der Waals surface area contributed by atoms with Crippen LogP contribution >= 0.6 is 15.9 Å². The second-order valence-electron chi connectivity index (χ2n) is 5.77. The van der Waals surface area contributed by atoms with E-state index in [0.29, 0.717) is 34.7 Å². The summed E-state index contributed by atoms with van der Waals surface area (Å²) < 4.78 is 16.7. The molecule has 1 aliphatic rings. The standard InChI is InChI=1S/C19H21BrN2O4/c1-24-16-11-13(12-17(25-2)18(16)20)19(23)21-14-5-3-4-6-15(14)22-7-9-26-10-8-22/h3-6,11-12H,7-10H2,1-2H3,(H,21,23). The van der Waals surface area contributed by atoms with E-state index in [0.717, 1.165) is 24.5 Å². The highest BCUT2D eigenvalue weighted by Gasteiger charge is 2.18. The molecule has 0 aromatic heterocycles. The number of nitrogens with zero attached hydrogens (tertiary/aromatic N) is 1. The number of carbonyl (C=O) groups excluding carboxylic acids is 1. The summed E-state index contributed by atoms with van der Waals surface area (Å²) in [6.45, 7) is 2.96. The molecule has 0 unspecified atom stereocenters. The Balaban J connectivity index is 1.87. The summed E-state index contributed by atoms with van der Waals surface area (Å²) in [7, 11) is 3.10. The first-order valence-corrected chi connectivity index (χ1v) is 9.08. The zero-order valence-corrected chi connectivity index (χ0v) is 16.3. The van der Waals surface area contributed by atoms with Gasteiger partial charge in [0.25, 0.3) is 5.91 Å². The molecule has 1 heterocycles. The van der Waals surface area contributed by atoms with Crippen molar-refractivity contribution in [2.24, 2.45) is 0 Å². The molecule has 0 bridgehead atoms. The van der Waals surface area contributed by atoms with Crippen LogP contribution in [0.25, 0.3) is 0 Å². The summed E-state index contributed by atoms with van der Waals surface area (Å²) in [5.41, 5.74) is 2.21. The molecule has 2 aromatic carbocycles. The Labute approximate surface area is 161 Å². The number of hydrogen-bond acceptors (Lipinski definition) is 5. The Morgan fingerprint density at radius 3 is 2.35 bits per heavy atom. The van der Waals surface area contributed by atoms with E-state index in [1.54, 1.807) is 26.4 Å². The van der Waals surface area contributed by atoms with E-state index in [1.165, 1.54) is 0 Å². The van der Waals surface area contributed by atoms with Crippen LogP contribution < -0.4 is 19.7 Å². The molecule has 3 rings (SSSR count). The number of ether oxygens (including phenoxy) is 3. The highest BCUT2D eigenvalue weighted by molar-refractivity contribution is 9.10. The van der Waals surface area contributed by atoms with E-state index in [1.807, 2.05) is 24.3 Å². The second kappa shape index (κ2) is 8.42. The Kier molecular flexibility index (Phi) is 6.00. The number of methoxy groups -OCH3 is 2. The molecule has 0 radical (unpaired) electrons. The summed E-state index contributed by atoms with van der Waals surface area (Å²) in [6.07, 6.45) is 0. The van der Waals surface area contributed by atoms with Gasteiger partial charge >= 0.3 is 0 Å². The van der Waals surface area contributed by atoms with Gasteiger partial charge in [-0.15, -0.1) is 0 Å². The van der Waals surface area contributed by atoms with Crippen LogP contribution in [-0.2, 0) is 4.74 Å². The third-order valence-electron chi connectivity index (χ3n) is 4.21. The lowest BCUT2D eigenvalue weighted by atomic mass is 10.1. The predicted octanol–water partition coefficient (Wildman–Crippen LogP) is 3.56. The van der Waals surface area contributed by atoms with Gasteiger partial charge in [0.1, 0.15) is 16.0 Å². The van der Waals surface area contributed by atoms with Crippen LogP contribution in [0.15, 0.2) is 40.9 Å². The maximum atomic E-state index is 12.8. The number of carbonyl (C=O) groups is 1. The van der Waals surface area contributed by atoms with Crippen molar-refractivity contribution < 1.29 is 19.0 Å². The van der Waals surface area contributed by atoms with Crippen LogP contribution in [0.2, 0.25) is 0 Å². The molecule has 26 heavy (non-hydrogen) atoms. The molecule has 0 spiro atoms. The van der Waals surface area contributed by atoms with Gasteiger partial charge in [0, 0.05) is 18.7 Å². The minimum atomic E-state index is -0.227. The summed E-state index contributed by atoms with van der Waals surface area (Å²) in [4.78, 5) is 15.0. The van der Waals surface area contributed by atoms with Gasteiger partial charge in [-0.05, 0) is 40.2 Å². The van der Waals surface area contributed by atoms with Gasteiger partial charge in [0.05, 0.1) is 38.8 Å². The normalized spacial score (nSPS) is 14.0. The number of para-hydroxylation sites is 2. The van der Waals surface area contributed by atoms with Gasteiger partial charge in [0.2, 0.25) is 0 Å². The fourth-order valence-electron chi connectivity index (χ4n) is 2.85. The van der Waals surface area contributed by atoms with Crippen molar-refractivity contribution >= 4 is 33.2 Å². The van der Waals surface area contributed by atoms with Gasteiger partial charge < -0.3 is 24.4 Å². The van der Waals surface area contributed by atoms with E-state index in [-0.39, 0.29) is 5.91 Å². The zero-order chi connectivity index (χ0) is 18.5. The summed E-state index contributed by atoms with van der Waals surface area (Å²) in [5.74, 6) is 0.849. The van der Waals surface area contributed by atoms with Crippen molar-refractivity contribution in [1.29, 1.82) is 0 Å². The van der Waals surface area contributed by atoms with Gasteiger partial charge in [-0.3, -0.25) is 4.79 Å². The molecule has 1 N–H and O–H groups in total. The largest absolute Gasteiger partial charge is 0.495 e. The number of amides is 1. The molecular formula is C19H21BrN2O4. The lowest BCUT2D eigenvalue weighted by molar-refractivity contribution is 0.102. The van der Waals surface area contributed by atoms with Crippen molar-refractivity contribution in [1.82, 2.24) is 0 Å². The molecule has 6 nitrogen and oxygen atoms in total.